The first-order valence-electron chi connectivity index (χ1n) is 8.95. The molecule has 0 radical (unpaired) electrons. The number of hydrogen-bond acceptors (Lipinski definition) is 2. The summed E-state index contributed by atoms with van der Waals surface area (Å²) in [7, 11) is 0. The van der Waals surface area contributed by atoms with Gasteiger partial charge in [-0.15, -0.1) is 0 Å². The maximum atomic E-state index is 12.9. The number of nitrogens with one attached hydrogen (secondary N) is 1. The van der Waals surface area contributed by atoms with Gasteiger partial charge in [-0.1, -0.05) is 59.7 Å². The molecule has 26 heavy (non-hydrogen) atoms. The Morgan fingerprint density at radius 3 is 2.04 bits per heavy atom. The number of carbonyl (C=O) groups is 1. The molecule has 3 aromatic rings. The predicted molar refractivity (Wildman–Crippen MR) is 104 cm³/mol. The van der Waals surface area contributed by atoms with E-state index in [4.69, 9.17) is 0 Å². The third-order valence-electron chi connectivity index (χ3n) is 5.34. The number of aryl methyl sites for hydroxylation is 2. The molecule has 4 rings (SSSR count). The van der Waals surface area contributed by atoms with Crippen molar-refractivity contribution in [3.8, 4) is 0 Å². The first-order chi connectivity index (χ1) is 12.6. The van der Waals surface area contributed by atoms with Crippen LogP contribution in [0.4, 0.5) is 5.69 Å². The lowest BCUT2D eigenvalue weighted by Gasteiger charge is -2.19. The third-order valence-corrected chi connectivity index (χ3v) is 5.34. The number of hydrogen-bond donors (Lipinski definition) is 1. The minimum Gasteiger partial charge on any atom is -0.324 e. The molecule has 1 aliphatic rings. The van der Waals surface area contributed by atoms with Gasteiger partial charge in [0.2, 0.25) is 5.91 Å². The highest BCUT2D eigenvalue weighted by atomic mass is 16.2. The number of anilines is 1. The van der Waals surface area contributed by atoms with Gasteiger partial charge in [-0.2, -0.15) is 0 Å². The maximum Gasteiger partial charge on any atom is 0.228 e. The van der Waals surface area contributed by atoms with E-state index in [1.165, 1.54) is 22.3 Å². The quantitative estimate of drug-likeness (QED) is 0.750. The van der Waals surface area contributed by atoms with Gasteiger partial charge in [0, 0.05) is 11.6 Å². The fraction of sp³-hybridized carbons (Fsp3) is 0.217. The zero-order valence-electron chi connectivity index (χ0n) is 15.1. The number of benzene rings is 2. The highest BCUT2D eigenvalue weighted by Gasteiger charge is 2.60. The van der Waals surface area contributed by atoms with E-state index >= 15 is 0 Å². The summed E-state index contributed by atoms with van der Waals surface area (Å²) in [6, 6.07) is 20.8. The molecule has 1 amide bonds. The van der Waals surface area contributed by atoms with Gasteiger partial charge in [0.05, 0.1) is 17.8 Å². The van der Waals surface area contributed by atoms with E-state index < -0.39 is 0 Å². The van der Waals surface area contributed by atoms with Crippen LogP contribution in [0, 0.1) is 19.8 Å². The number of carbonyl (C=O) groups excluding carboxylic acids is 1. The molecular formula is C23H22N2O. The molecule has 1 N–H and O–H groups in total. The highest BCUT2D eigenvalue weighted by Crippen LogP contribution is 2.59. The Balaban J connectivity index is 1.68. The Labute approximate surface area is 154 Å². The van der Waals surface area contributed by atoms with Crippen molar-refractivity contribution in [2.24, 2.45) is 5.92 Å². The molecule has 3 heteroatoms. The van der Waals surface area contributed by atoms with Gasteiger partial charge < -0.3 is 5.32 Å². The van der Waals surface area contributed by atoms with E-state index in [1.807, 2.05) is 12.1 Å². The normalized spacial score (nSPS) is 17.5. The van der Waals surface area contributed by atoms with Gasteiger partial charge in [-0.3, -0.25) is 9.78 Å². The summed E-state index contributed by atoms with van der Waals surface area (Å²) in [6.07, 6.45) is 4.21. The third kappa shape index (κ3) is 2.90. The lowest BCUT2D eigenvalue weighted by atomic mass is 9.85. The van der Waals surface area contributed by atoms with Gasteiger partial charge in [-0.25, -0.2) is 0 Å². The van der Waals surface area contributed by atoms with E-state index in [0.29, 0.717) is 0 Å². The van der Waals surface area contributed by atoms with Crippen molar-refractivity contribution in [1.29, 1.82) is 0 Å². The molecule has 0 saturated heterocycles. The monoisotopic (exact) mass is 342 g/mol. The molecule has 130 valence electrons. The molecule has 3 nitrogen and oxygen atoms in total. The summed E-state index contributed by atoms with van der Waals surface area (Å²) < 4.78 is 0. The number of nitrogens with zero attached hydrogens (tertiary/aromatic N) is 1. The van der Waals surface area contributed by atoms with Crippen molar-refractivity contribution >= 4 is 11.6 Å². The summed E-state index contributed by atoms with van der Waals surface area (Å²) in [5, 5.41) is 3.02. The predicted octanol–water partition coefficient (Wildman–Crippen LogP) is 4.64. The summed E-state index contributed by atoms with van der Waals surface area (Å²) in [6.45, 7) is 4.17. The molecule has 1 heterocycles. The topological polar surface area (TPSA) is 42.0 Å². The van der Waals surface area contributed by atoms with Crippen LogP contribution in [0.1, 0.15) is 28.7 Å². The second-order valence-electron chi connectivity index (χ2n) is 7.19. The highest BCUT2D eigenvalue weighted by molar-refractivity contribution is 5.96. The van der Waals surface area contributed by atoms with Crippen LogP contribution in [-0.2, 0) is 10.2 Å². The van der Waals surface area contributed by atoms with Gasteiger partial charge in [-0.05, 0) is 43.5 Å². The SMILES string of the molecule is Cc1ccc(C2(c3ccc(C)cc3)C[C@@H]2C(=O)Nc2cccnc2)cc1. The lowest BCUT2D eigenvalue weighted by molar-refractivity contribution is -0.117. The fourth-order valence-corrected chi connectivity index (χ4v) is 3.75. The first kappa shape index (κ1) is 16.5. The molecule has 2 aromatic carbocycles. The van der Waals surface area contributed by atoms with Crippen molar-refractivity contribution in [2.45, 2.75) is 25.7 Å². The Morgan fingerprint density at radius 1 is 0.962 bits per heavy atom. The molecule has 0 unspecified atom stereocenters. The second kappa shape index (κ2) is 6.41. The van der Waals surface area contributed by atoms with Crippen LogP contribution in [0.2, 0.25) is 0 Å². The fourth-order valence-electron chi connectivity index (χ4n) is 3.75. The first-order valence-corrected chi connectivity index (χ1v) is 8.95. The van der Waals surface area contributed by atoms with Crippen molar-refractivity contribution in [3.63, 3.8) is 0 Å². The lowest BCUT2D eigenvalue weighted by Crippen LogP contribution is -2.22. The molecular weight excluding hydrogens is 320 g/mol. The van der Waals surface area contributed by atoms with Crippen LogP contribution in [0.25, 0.3) is 0 Å². The largest absolute Gasteiger partial charge is 0.324 e. The summed E-state index contributed by atoms with van der Waals surface area (Å²) >= 11 is 0. The van der Waals surface area contributed by atoms with Gasteiger partial charge in [0.1, 0.15) is 0 Å². The Morgan fingerprint density at radius 2 is 1.54 bits per heavy atom. The smallest absolute Gasteiger partial charge is 0.228 e. The standard InChI is InChI=1S/C23H22N2O/c1-16-5-9-18(10-6-16)23(19-11-7-17(2)8-12-19)14-21(23)22(26)25-20-4-3-13-24-15-20/h3-13,15,21H,14H2,1-2H3,(H,25,26)/t21-/m1/s1. The summed E-state index contributed by atoms with van der Waals surface area (Å²) in [5.74, 6) is -0.0210. The minimum atomic E-state index is -0.242. The number of amides is 1. The average molecular weight is 342 g/mol. The van der Waals surface area contributed by atoms with Crippen molar-refractivity contribution in [1.82, 2.24) is 4.98 Å². The average Bonchev–Trinajstić information content (AvgIpc) is 3.41. The van der Waals surface area contributed by atoms with Gasteiger partial charge in [0.15, 0.2) is 0 Å². The van der Waals surface area contributed by atoms with Crippen molar-refractivity contribution in [3.05, 3.63) is 95.3 Å². The number of aromatic nitrogens is 1. The van der Waals surface area contributed by atoms with E-state index in [0.717, 1.165) is 12.1 Å². The number of pyridine rings is 1. The summed E-state index contributed by atoms with van der Waals surface area (Å²) in [4.78, 5) is 17.0. The zero-order chi connectivity index (χ0) is 18.1. The van der Waals surface area contributed by atoms with E-state index in [9.17, 15) is 4.79 Å². The molecule has 1 saturated carbocycles. The van der Waals surface area contributed by atoms with E-state index in [2.05, 4.69) is 72.7 Å². The van der Waals surface area contributed by atoms with E-state index in [1.54, 1.807) is 12.4 Å². The van der Waals surface area contributed by atoms with Crippen LogP contribution >= 0.6 is 0 Å². The van der Waals surface area contributed by atoms with Crippen LogP contribution in [-0.4, -0.2) is 10.9 Å². The van der Waals surface area contributed by atoms with Crippen LogP contribution in [0.5, 0.6) is 0 Å². The molecule has 0 bridgehead atoms. The Bertz CT molecular complexity index is 869. The van der Waals surface area contributed by atoms with E-state index in [-0.39, 0.29) is 17.2 Å². The van der Waals surface area contributed by atoms with Gasteiger partial charge in [0.25, 0.3) is 0 Å². The van der Waals surface area contributed by atoms with Gasteiger partial charge >= 0.3 is 0 Å². The zero-order valence-corrected chi connectivity index (χ0v) is 15.1. The van der Waals surface area contributed by atoms with Crippen LogP contribution in [0.15, 0.2) is 73.1 Å². The summed E-state index contributed by atoms with van der Waals surface area (Å²) in [5.41, 5.74) is 5.37. The van der Waals surface area contributed by atoms with Crippen molar-refractivity contribution in [2.75, 3.05) is 5.32 Å². The van der Waals surface area contributed by atoms with Crippen LogP contribution in [0.3, 0.4) is 0 Å². The number of rotatable bonds is 4. The Hall–Kier alpha value is -2.94. The molecule has 1 fully saturated rings. The second-order valence-corrected chi connectivity index (χ2v) is 7.19. The molecule has 0 aliphatic heterocycles. The molecule has 1 aromatic heterocycles. The molecule has 1 atom stereocenters. The maximum absolute atomic E-state index is 12.9. The molecule has 0 spiro atoms. The minimum absolute atomic E-state index is 0.0548. The van der Waals surface area contributed by atoms with Crippen molar-refractivity contribution < 1.29 is 4.79 Å². The molecule has 1 aliphatic carbocycles. The van der Waals surface area contributed by atoms with Crippen LogP contribution < -0.4 is 5.32 Å². The Kier molecular flexibility index (Phi) is 4.08.